The van der Waals surface area contributed by atoms with Crippen molar-refractivity contribution in [1.29, 1.82) is 0 Å². The van der Waals surface area contributed by atoms with E-state index in [1.807, 2.05) is 18.4 Å². The first-order valence-corrected chi connectivity index (χ1v) is 6.78. The zero-order chi connectivity index (χ0) is 11.4. The fourth-order valence-corrected chi connectivity index (χ4v) is 3.55. The van der Waals surface area contributed by atoms with E-state index in [1.54, 1.807) is 7.11 Å². The van der Waals surface area contributed by atoms with E-state index in [9.17, 15) is 0 Å². The van der Waals surface area contributed by atoms with E-state index >= 15 is 0 Å². The molecule has 1 heterocycles. The fraction of sp³-hybridized carbons (Fsp3) is 0.750. The van der Waals surface area contributed by atoms with Crippen molar-refractivity contribution in [1.82, 2.24) is 10.3 Å². The minimum absolute atomic E-state index is 0.639. The van der Waals surface area contributed by atoms with Gasteiger partial charge in [0.2, 0.25) is 0 Å². The van der Waals surface area contributed by atoms with Gasteiger partial charge in [-0.05, 0) is 19.9 Å². The van der Waals surface area contributed by atoms with Gasteiger partial charge >= 0.3 is 0 Å². The largest absolute Gasteiger partial charge is 0.378 e. The van der Waals surface area contributed by atoms with E-state index in [1.165, 1.54) is 35.6 Å². The molecule has 1 aromatic heterocycles. The quantitative estimate of drug-likeness (QED) is 0.859. The second-order valence-corrected chi connectivity index (χ2v) is 5.48. The van der Waals surface area contributed by atoms with Crippen LogP contribution in [-0.2, 0) is 17.9 Å². The van der Waals surface area contributed by atoms with Gasteiger partial charge in [-0.15, -0.1) is 11.3 Å². The summed E-state index contributed by atoms with van der Waals surface area (Å²) in [4.78, 5) is 6.09. The van der Waals surface area contributed by atoms with Crippen molar-refractivity contribution >= 4 is 11.3 Å². The van der Waals surface area contributed by atoms with Crippen LogP contribution in [0.25, 0.3) is 0 Å². The molecule has 0 bridgehead atoms. The summed E-state index contributed by atoms with van der Waals surface area (Å²) in [5.41, 5.74) is 1.13. The standard InChI is InChI=1S/C12H20N2OS/c1-13-7-11-10(8-15-2)14-12(16-11)9-5-3-4-6-9/h9,13H,3-8H2,1-2H3. The van der Waals surface area contributed by atoms with Crippen LogP contribution < -0.4 is 5.32 Å². The van der Waals surface area contributed by atoms with Gasteiger partial charge < -0.3 is 10.1 Å². The molecule has 0 radical (unpaired) electrons. The van der Waals surface area contributed by atoms with Crippen molar-refractivity contribution in [3.8, 4) is 0 Å². The van der Waals surface area contributed by atoms with Gasteiger partial charge in [-0.25, -0.2) is 4.98 Å². The molecule has 90 valence electrons. The van der Waals surface area contributed by atoms with Gasteiger partial charge in [0.25, 0.3) is 0 Å². The molecule has 0 unspecified atom stereocenters. The van der Waals surface area contributed by atoms with E-state index in [4.69, 9.17) is 9.72 Å². The summed E-state index contributed by atoms with van der Waals surface area (Å²) in [6.07, 6.45) is 5.37. The maximum Gasteiger partial charge on any atom is 0.0963 e. The summed E-state index contributed by atoms with van der Waals surface area (Å²) in [6.45, 7) is 1.54. The van der Waals surface area contributed by atoms with Gasteiger partial charge in [-0.1, -0.05) is 12.8 Å². The summed E-state index contributed by atoms with van der Waals surface area (Å²) >= 11 is 1.87. The zero-order valence-electron chi connectivity index (χ0n) is 10.1. The number of nitrogens with zero attached hydrogens (tertiary/aromatic N) is 1. The van der Waals surface area contributed by atoms with E-state index in [-0.39, 0.29) is 0 Å². The number of hydrogen-bond donors (Lipinski definition) is 1. The Bertz CT molecular complexity index is 308. The third-order valence-corrected chi connectivity index (χ3v) is 4.38. The Balaban J connectivity index is 2.15. The highest BCUT2D eigenvalue weighted by atomic mass is 32.1. The number of nitrogens with one attached hydrogen (secondary N) is 1. The third-order valence-electron chi connectivity index (χ3n) is 3.12. The molecule has 1 N–H and O–H groups in total. The Morgan fingerprint density at radius 1 is 1.44 bits per heavy atom. The molecular weight excluding hydrogens is 220 g/mol. The third kappa shape index (κ3) is 2.62. The molecule has 3 nitrogen and oxygen atoms in total. The number of hydrogen-bond acceptors (Lipinski definition) is 4. The number of thiazole rings is 1. The van der Waals surface area contributed by atoms with Gasteiger partial charge in [0.1, 0.15) is 0 Å². The molecule has 0 amide bonds. The average molecular weight is 240 g/mol. The van der Waals surface area contributed by atoms with E-state index in [2.05, 4.69) is 5.32 Å². The molecule has 1 aliphatic carbocycles. The number of rotatable bonds is 5. The SMILES string of the molecule is CNCc1sc(C2CCCC2)nc1COC. The summed E-state index contributed by atoms with van der Waals surface area (Å²) in [6, 6.07) is 0. The molecule has 1 saturated carbocycles. The van der Waals surface area contributed by atoms with Gasteiger partial charge in [0.15, 0.2) is 0 Å². The van der Waals surface area contributed by atoms with Gasteiger partial charge in [0.05, 0.1) is 17.3 Å². The van der Waals surface area contributed by atoms with E-state index < -0.39 is 0 Å². The predicted molar refractivity (Wildman–Crippen MR) is 66.8 cm³/mol. The van der Waals surface area contributed by atoms with Crippen LogP contribution in [-0.4, -0.2) is 19.1 Å². The molecule has 0 aliphatic heterocycles. The normalized spacial score (nSPS) is 17.1. The molecule has 2 rings (SSSR count). The van der Waals surface area contributed by atoms with E-state index in [0.717, 1.165) is 12.2 Å². The zero-order valence-corrected chi connectivity index (χ0v) is 10.9. The van der Waals surface area contributed by atoms with Gasteiger partial charge in [0, 0.05) is 24.4 Å². The summed E-state index contributed by atoms with van der Waals surface area (Å²) in [5, 5.41) is 4.53. The van der Waals surface area contributed by atoms with Crippen LogP contribution >= 0.6 is 11.3 Å². The van der Waals surface area contributed by atoms with Crippen molar-refractivity contribution < 1.29 is 4.74 Å². The van der Waals surface area contributed by atoms with Crippen LogP contribution in [0.3, 0.4) is 0 Å². The van der Waals surface area contributed by atoms with Crippen LogP contribution in [0.1, 0.15) is 47.2 Å². The molecule has 4 heteroatoms. The van der Waals surface area contributed by atoms with Crippen LogP contribution in [0.2, 0.25) is 0 Å². The summed E-state index contributed by atoms with van der Waals surface area (Å²) < 4.78 is 5.21. The van der Waals surface area contributed by atoms with Gasteiger partial charge in [-0.3, -0.25) is 0 Å². The molecule has 1 aliphatic rings. The molecule has 0 saturated heterocycles. The maximum absolute atomic E-state index is 5.21. The van der Waals surface area contributed by atoms with E-state index in [0.29, 0.717) is 12.5 Å². The summed E-state index contributed by atoms with van der Waals surface area (Å²) in [5.74, 6) is 0.714. The van der Waals surface area contributed by atoms with Crippen molar-refractivity contribution in [3.63, 3.8) is 0 Å². The molecule has 1 aromatic rings. The first-order chi connectivity index (χ1) is 7.85. The first-order valence-electron chi connectivity index (χ1n) is 5.97. The Labute approximate surface area is 101 Å². The van der Waals surface area contributed by atoms with Crippen molar-refractivity contribution in [3.05, 3.63) is 15.6 Å². The predicted octanol–water partition coefficient (Wildman–Crippen LogP) is 2.67. The Morgan fingerprint density at radius 3 is 2.81 bits per heavy atom. The Kier molecular flexibility index (Phi) is 4.32. The highest BCUT2D eigenvalue weighted by Gasteiger charge is 2.22. The lowest BCUT2D eigenvalue weighted by Crippen LogP contribution is -2.06. The van der Waals surface area contributed by atoms with Crippen molar-refractivity contribution in [2.45, 2.75) is 44.8 Å². The number of ether oxygens (including phenoxy) is 1. The second kappa shape index (κ2) is 5.75. The minimum atomic E-state index is 0.639. The molecular formula is C12H20N2OS. The molecule has 0 atom stereocenters. The molecule has 0 aromatic carbocycles. The lowest BCUT2D eigenvalue weighted by molar-refractivity contribution is 0.181. The smallest absolute Gasteiger partial charge is 0.0963 e. The maximum atomic E-state index is 5.21. The topological polar surface area (TPSA) is 34.2 Å². The van der Waals surface area contributed by atoms with Crippen molar-refractivity contribution in [2.24, 2.45) is 0 Å². The fourth-order valence-electron chi connectivity index (χ4n) is 2.30. The minimum Gasteiger partial charge on any atom is -0.378 e. The summed E-state index contributed by atoms with van der Waals surface area (Å²) in [7, 11) is 3.71. The highest BCUT2D eigenvalue weighted by molar-refractivity contribution is 7.11. The van der Waals surface area contributed by atoms with Gasteiger partial charge in [-0.2, -0.15) is 0 Å². The molecule has 16 heavy (non-hydrogen) atoms. The van der Waals surface area contributed by atoms with Crippen LogP contribution in [0.5, 0.6) is 0 Å². The average Bonchev–Trinajstić information content (AvgIpc) is 2.89. The van der Waals surface area contributed by atoms with Crippen molar-refractivity contribution in [2.75, 3.05) is 14.2 Å². The monoisotopic (exact) mass is 240 g/mol. The van der Waals surface area contributed by atoms with Crippen LogP contribution in [0.4, 0.5) is 0 Å². The Hall–Kier alpha value is -0.450. The lowest BCUT2D eigenvalue weighted by Gasteiger charge is -2.02. The van der Waals surface area contributed by atoms with Crippen LogP contribution in [0, 0.1) is 0 Å². The lowest BCUT2D eigenvalue weighted by atomic mass is 10.1. The molecule has 1 fully saturated rings. The Morgan fingerprint density at radius 2 is 2.19 bits per heavy atom. The van der Waals surface area contributed by atoms with Crippen LogP contribution in [0.15, 0.2) is 0 Å². The number of aromatic nitrogens is 1. The second-order valence-electron chi connectivity index (χ2n) is 4.37. The highest BCUT2D eigenvalue weighted by Crippen LogP contribution is 2.37. The first kappa shape index (κ1) is 12.0. The molecule has 0 spiro atoms. The number of methoxy groups -OCH3 is 1.